The Morgan fingerprint density at radius 1 is 0.233 bits per heavy atom. The fourth-order valence-corrected chi connectivity index (χ4v) is 0. The smallest absolute Gasteiger partial charge is 0.598 e. The second kappa shape index (κ2) is 90.1. The molecule has 0 aliphatic heterocycles. The molecule has 0 aliphatic rings. The van der Waals surface area contributed by atoms with Gasteiger partial charge in [0, 0.05) is 0 Å². The van der Waals surface area contributed by atoms with Gasteiger partial charge >= 0.3 is 296 Å². The van der Waals surface area contributed by atoms with Crippen molar-refractivity contribution < 1.29 is 367 Å². The summed E-state index contributed by atoms with van der Waals surface area (Å²) in [6, 6.07) is 0. The van der Waals surface area contributed by atoms with Gasteiger partial charge in [-0.1, -0.05) is 22.8 Å². The van der Waals surface area contributed by atoms with E-state index in [1.54, 1.807) is 0 Å². The molecule has 0 heterocycles. The first-order chi connectivity index (χ1) is 8.66. The van der Waals surface area contributed by atoms with Gasteiger partial charge in [-0.15, -0.1) is 0 Å². The molecule has 0 aromatic carbocycles. The van der Waals surface area contributed by atoms with Crippen LogP contribution in [0.25, 0.3) is 0 Å². The average molecular weight is 625 g/mol. The van der Waals surface area contributed by atoms with Gasteiger partial charge in [0.25, 0.3) is 41.3 Å². The summed E-state index contributed by atoms with van der Waals surface area (Å²) in [5, 5.41) is 0. The van der Waals surface area contributed by atoms with Crippen molar-refractivity contribution in [2.24, 2.45) is 0 Å². The van der Waals surface area contributed by atoms with Gasteiger partial charge in [-0.25, -0.2) is 0 Å². The van der Waals surface area contributed by atoms with Crippen LogP contribution in [0.2, 0.25) is 0 Å². The van der Waals surface area contributed by atoms with Gasteiger partial charge in [-0.3, -0.25) is 0 Å². The normalized spacial score (nSPS) is 4.33. The van der Waals surface area contributed by atoms with E-state index in [1.807, 2.05) is 0 Å². The van der Waals surface area contributed by atoms with Gasteiger partial charge < -0.3 is 48.9 Å². The van der Waals surface area contributed by atoms with E-state index in [4.69, 9.17) is 71.8 Å². The zero-order valence-corrected chi connectivity index (χ0v) is 42.8. The SMILES string of the molecule is O=[P+]([O-])[O-].O=[P+]([O-])[O-].O=[P+]([O-])[O-].O=[P+]([O-])[O-].O=[P+]([O-])[O-].[Na+].[Na+].[Na+].[Na+].[Na+].[Na+].[Na+].[Na+].[Na+].[Na+]. The molecule has 0 unspecified atom stereocenters. The molecule has 120 valence electrons. The Hall–Kier alpha value is 10.1. The quantitative estimate of drug-likeness (QED) is 0.178. The molecule has 0 saturated heterocycles. The average Bonchev–Trinajstić information content (AvgIpc) is 1.94. The molecule has 0 saturated carbocycles. The van der Waals surface area contributed by atoms with Crippen LogP contribution in [-0.2, 0) is 22.8 Å². The second-order valence-electron chi connectivity index (χ2n) is 1.12. The van der Waals surface area contributed by atoms with Crippen molar-refractivity contribution in [3.8, 4) is 0 Å². The van der Waals surface area contributed by atoms with Crippen LogP contribution in [-0.4, -0.2) is 0 Å². The monoisotopic (exact) mass is 625 g/mol. The Kier molecular flexibility index (Phi) is 292. The first-order valence-electron chi connectivity index (χ1n) is 2.74. The van der Waals surface area contributed by atoms with Gasteiger partial charge in [0.15, 0.2) is 0 Å². The minimum Gasteiger partial charge on any atom is -0.598 e. The molecule has 15 nitrogen and oxygen atoms in total. The number of rotatable bonds is 0. The van der Waals surface area contributed by atoms with Crippen LogP contribution < -0.4 is 345 Å². The molecular weight excluding hydrogens is 625 g/mol. The van der Waals surface area contributed by atoms with Crippen molar-refractivity contribution in [2.45, 2.75) is 0 Å². The van der Waals surface area contributed by atoms with E-state index < -0.39 is 41.3 Å². The van der Waals surface area contributed by atoms with Gasteiger partial charge in [0.1, 0.15) is 0 Å². The predicted molar refractivity (Wildman–Crippen MR) is 38.0 cm³/mol. The zero-order valence-electron chi connectivity index (χ0n) is 18.4. The van der Waals surface area contributed by atoms with Crippen LogP contribution in [0.3, 0.4) is 0 Å². The maximum absolute atomic E-state index is 8.48. The summed E-state index contributed by atoms with van der Waals surface area (Å²) >= 11 is 0. The Labute approximate surface area is 398 Å². The molecule has 30 heteroatoms. The topological polar surface area (TPSA) is 316 Å². The molecule has 0 bridgehead atoms. The van der Waals surface area contributed by atoms with Crippen LogP contribution in [0.5, 0.6) is 0 Å². The number of hydrogen-bond acceptors (Lipinski definition) is 15. The second-order valence-corrected chi connectivity index (χ2v) is 3.35. The van der Waals surface area contributed by atoms with Crippen LogP contribution >= 0.6 is 41.3 Å². The fourth-order valence-electron chi connectivity index (χ4n) is 0. The Morgan fingerprint density at radius 3 is 0.233 bits per heavy atom. The summed E-state index contributed by atoms with van der Waals surface area (Å²) < 4.78 is 42.4. The van der Waals surface area contributed by atoms with Crippen LogP contribution in [0.1, 0.15) is 0 Å². The summed E-state index contributed by atoms with van der Waals surface area (Å²) in [5.41, 5.74) is 0. The van der Waals surface area contributed by atoms with E-state index in [0.717, 1.165) is 0 Å². The summed E-state index contributed by atoms with van der Waals surface area (Å²) in [6.07, 6.45) is 0. The predicted octanol–water partition coefficient (Wildman–Crippen LogP) is -38.1. The van der Waals surface area contributed by atoms with E-state index in [9.17, 15) is 0 Å². The van der Waals surface area contributed by atoms with Crippen LogP contribution in [0.4, 0.5) is 0 Å². The van der Waals surface area contributed by atoms with Crippen LogP contribution in [0.15, 0.2) is 0 Å². The Morgan fingerprint density at radius 2 is 0.233 bits per heavy atom. The van der Waals surface area contributed by atoms with Gasteiger partial charge in [0.05, 0.1) is 0 Å². The molecular formula is Na10O15P5+5. The van der Waals surface area contributed by atoms with Crippen LogP contribution in [0, 0.1) is 0 Å². The first-order valence-corrected chi connectivity index (χ1v) is 8.22. The summed E-state index contributed by atoms with van der Waals surface area (Å²) in [7, 11) is -16.9. The van der Waals surface area contributed by atoms with Gasteiger partial charge in [-0.05, 0) is 0 Å². The standard InChI is InChI=1S/10Na.5HO3P/c;;;;;;;;;;5*1-4(2)3/h;;;;;;;;;;5*(H,1,2,3)/q10*+1;;;;;/p-5. The third-order valence-electron chi connectivity index (χ3n) is 0. The molecule has 0 spiro atoms. The minimum atomic E-state index is -3.37. The van der Waals surface area contributed by atoms with Crippen molar-refractivity contribution in [1.29, 1.82) is 0 Å². The molecule has 0 atom stereocenters. The third kappa shape index (κ3) is 514. The number of hydrogen-bond donors (Lipinski definition) is 0. The maximum Gasteiger partial charge on any atom is 1.00 e. The molecule has 0 aliphatic carbocycles. The van der Waals surface area contributed by atoms with E-state index in [0.29, 0.717) is 0 Å². The molecule has 0 rings (SSSR count). The minimum absolute atomic E-state index is 0. The first kappa shape index (κ1) is 97.3. The molecule has 0 aromatic heterocycles. The Balaban J connectivity index is -0.00000000666. The van der Waals surface area contributed by atoms with Crippen molar-refractivity contribution >= 4 is 41.3 Å². The van der Waals surface area contributed by atoms with E-state index in [1.165, 1.54) is 0 Å². The fraction of sp³-hybridized carbons (Fsp3) is 0. The molecule has 0 amide bonds. The summed E-state index contributed by atoms with van der Waals surface area (Å²) in [4.78, 5) is 84.8. The summed E-state index contributed by atoms with van der Waals surface area (Å²) in [6.45, 7) is 0. The maximum atomic E-state index is 8.48. The zero-order chi connectivity index (χ0) is 17.9. The Bertz CT molecular complexity index is 229. The van der Waals surface area contributed by atoms with Crippen molar-refractivity contribution in [3.05, 3.63) is 0 Å². The largest absolute Gasteiger partial charge is 1.00 e. The third-order valence-corrected chi connectivity index (χ3v) is 0. The van der Waals surface area contributed by atoms with Crippen molar-refractivity contribution in [1.82, 2.24) is 0 Å². The molecule has 30 heavy (non-hydrogen) atoms. The summed E-state index contributed by atoms with van der Waals surface area (Å²) in [5.74, 6) is 0. The van der Waals surface area contributed by atoms with Gasteiger partial charge in [-0.2, -0.15) is 0 Å². The van der Waals surface area contributed by atoms with Crippen molar-refractivity contribution in [2.75, 3.05) is 0 Å². The van der Waals surface area contributed by atoms with E-state index in [2.05, 4.69) is 0 Å². The van der Waals surface area contributed by atoms with E-state index >= 15 is 0 Å². The molecule has 0 radical (unpaired) electrons. The molecule has 0 fully saturated rings. The molecule has 0 N–H and O–H groups in total. The van der Waals surface area contributed by atoms with E-state index in [-0.39, 0.29) is 296 Å². The molecule has 0 aromatic rings. The van der Waals surface area contributed by atoms with Crippen molar-refractivity contribution in [3.63, 3.8) is 0 Å². The van der Waals surface area contributed by atoms with Gasteiger partial charge in [0.2, 0.25) is 0 Å².